The Morgan fingerprint density at radius 1 is 1.16 bits per heavy atom. The van der Waals surface area contributed by atoms with Crippen LogP contribution >= 0.6 is 11.3 Å². The number of aliphatic hydroxyl groups is 1. The van der Waals surface area contributed by atoms with E-state index in [2.05, 4.69) is 4.98 Å². The molecule has 1 aliphatic rings. The Morgan fingerprint density at radius 2 is 1.90 bits per heavy atom. The molecule has 0 saturated carbocycles. The van der Waals surface area contributed by atoms with Gasteiger partial charge in [0.1, 0.15) is 11.5 Å². The number of benzene rings is 2. The van der Waals surface area contributed by atoms with E-state index in [1.807, 2.05) is 39.0 Å². The van der Waals surface area contributed by atoms with Crippen LogP contribution < -0.4 is 9.64 Å². The standard InChI is InChI=1S/C24H22N2O4S/c1-4-30-17-9-7-16(8-10-17)20-19(21(27)18-13-14(2)5-6-15(18)3)22(28)23(29)26(20)24-25-11-12-31-24/h5-13,20,27H,4H2,1-3H3. The van der Waals surface area contributed by atoms with Gasteiger partial charge in [0.05, 0.1) is 18.2 Å². The Labute approximate surface area is 184 Å². The van der Waals surface area contributed by atoms with E-state index >= 15 is 0 Å². The van der Waals surface area contributed by atoms with Crippen molar-refractivity contribution in [3.8, 4) is 5.75 Å². The van der Waals surface area contributed by atoms with Gasteiger partial charge in [-0.15, -0.1) is 11.3 Å². The molecule has 1 fully saturated rings. The fourth-order valence-electron chi connectivity index (χ4n) is 3.73. The molecule has 0 bridgehead atoms. The molecule has 1 unspecified atom stereocenters. The molecule has 1 amide bonds. The van der Waals surface area contributed by atoms with Crippen molar-refractivity contribution in [2.75, 3.05) is 11.5 Å². The fraction of sp³-hybridized carbons (Fsp3) is 0.208. The molecule has 158 valence electrons. The first-order valence-electron chi connectivity index (χ1n) is 9.93. The maximum Gasteiger partial charge on any atom is 0.301 e. The first-order chi connectivity index (χ1) is 14.9. The molecule has 0 spiro atoms. The topological polar surface area (TPSA) is 79.7 Å². The van der Waals surface area contributed by atoms with Crippen LogP contribution in [0.5, 0.6) is 5.75 Å². The number of nitrogens with zero attached hydrogens (tertiary/aromatic N) is 2. The lowest BCUT2D eigenvalue weighted by atomic mass is 9.93. The highest BCUT2D eigenvalue weighted by atomic mass is 32.1. The third-order valence-electron chi connectivity index (χ3n) is 5.22. The molecule has 7 heteroatoms. The highest BCUT2D eigenvalue weighted by Crippen LogP contribution is 2.43. The molecule has 0 radical (unpaired) electrons. The van der Waals surface area contributed by atoms with Crippen molar-refractivity contribution < 1.29 is 19.4 Å². The van der Waals surface area contributed by atoms with Crippen LogP contribution in [0.4, 0.5) is 5.13 Å². The second-order valence-electron chi connectivity index (χ2n) is 7.30. The number of thiazole rings is 1. The maximum atomic E-state index is 13.1. The molecule has 31 heavy (non-hydrogen) atoms. The molecule has 6 nitrogen and oxygen atoms in total. The lowest BCUT2D eigenvalue weighted by Crippen LogP contribution is -2.29. The number of ether oxygens (including phenoxy) is 1. The Kier molecular flexibility index (Phi) is 5.61. The summed E-state index contributed by atoms with van der Waals surface area (Å²) in [7, 11) is 0. The minimum atomic E-state index is -0.790. The summed E-state index contributed by atoms with van der Waals surface area (Å²) in [4.78, 5) is 31.8. The summed E-state index contributed by atoms with van der Waals surface area (Å²) < 4.78 is 5.52. The van der Waals surface area contributed by atoms with Gasteiger partial charge < -0.3 is 9.84 Å². The smallest absolute Gasteiger partial charge is 0.301 e. The predicted molar refractivity (Wildman–Crippen MR) is 120 cm³/mol. The molecule has 1 aromatic heterocycles. The second-order valence-corrected chi connectivity index (χ2v) is 8.18. The van der Waals surface area contributed by atoms with Crippen LogP contribution in [0.3, 0.4) is 0 Å². The van der Waals surface area contributed by atoms with Gasteiger partial charge in [-0.3, -0.25) is 14.5 Å². The number of carbonyl (C=O) groups excluding carboxylic acids is 2. The van der Waals surface area contributed by atoms with E-state index in [1.54, 1.807) is 35.8 Å². The maximum absolute atomic E-state index is 13.1. The summed E-state index contributed by atoms with van der Waals surface area (Å²) in [5.74, 6) is -0.933. The van der Waals surface area contributed by atoms with E-state index < -0.39 is 17.7 Å². The van der Waals surface area contributed by atoms with Crippen molar-refractivity contribution in [2.24, 2.45) is 0 Å². The zero-order valence-corrected chi connectivity index (χ0v) is 18.3. The van der Waals surface area contributed by atoms with Gasteiger partial charge in [-0.25, -0.2) is 4.98 Å². The van der Waals surface area contributed by atoms with E-state index in [4.69, 9.17) is 4.74 Å². The lowest BCUT2D eigenvalue weighted by molar-refractivity contribution is -0.132. The molecule has 2 aromatic carbocycles. The van der Waals surface area contributed by atoms with Gasteiger partial charge in [0, 0.05) is 17.1 Å². The fourth-order valence-corrected chi connectivity index (χ4v) is 4.40. The summed E-state index contributed by atoms with van der Waals surface area (Å²) in [5.41, 5.74) is 3.03. The number of aryl methyl sites for hydroxylation is 2. The zero-order valence-electron chi connectivity index (χ0n) is 17.5. The molecule has 1 aliphatic heterocycles. The van der Waals surface area contributed by atoms with Gasteiger partial charge in [0.25, 0.3) is 5.78 Å². The quantitative estimate of drug-likeness (QED) is 0.355. The number of carbonyl (C=O) groups is 2. The third kappa shape index (κ3) is 3.72. The minimum Gasteiger partial charge on any atom is -0.507 e. The highest BCUT2D eigenvalue weighted by molar-refractivity contribution is 7.14. The van der Waals surface area contributed by atoms with Crippen molar-refractivity contribution in [1.82, 2.24) is 4.98 Å². The van der Waals surface area contributed by atoms with Crippen molar-refractivity contribution in [2.45, 2.75) is 26.8 Å². The van der Waals surface area contributed by atoms with Gasteiger partial charge in [0.2, 0.25) is 0 Å². The van der Waals surface area contributed by atoms with Crippen LogP contribution in [0.15, 0.2) is 59.6 Å². The number of Topliss-reactive ketones (excluding diaryl/α,β-unsaturated/α-hetero) is 1. The number of anilines is 1. The highest BCUT2D eigenvalue weighted by Gasteiger charge is 2.48. The van der Waals surface area contributed by atoms with Gasteiger partial charge in [-0.1, -0.05) is 29.8 Å². The number of aliphatic hydroxyl groups excluding tert-OH is 1. The number of hydrogen-bond acceptors (Lipinski definition) is 6. The normalized spacial score (nSPS) is 17.9. The summed E-state index contributed by atoms with van der Waals surface area (Å²) in [6.45, 7) is 6.20. The second kappa shape index (κ2) is 8.35. The number of amides is 1. The molecule has 3 aromatic rings. The van der Waals surface area contributed by atoms with Crippen LogP contribution in [0.2, 0.25) is 0 Å². The third-order valence-corrected chi connectivity index (χ3v) is 6.00. The van der Waals surface area contributed by atoms with Crippen LogP contribution in [0.25, 0.3) is 5.76 Å². The molecule has 4 rings (SSSR count). The molecular formula is C24H22N2O4S. The Morgan fingerprint density at radius 3 is 2.55 bits per heavy atom. The molecule has 1 saturated heterocycles. The molecule has 2 heterocycles. The number of ketones is 1. The summed E-state index contributed by atoms with van der Waals surface area (Å²) in [6, 6.07) is 12.0. The Balaban J connectivity index is 1.92. The van der Waals surface area contributed by atoms with Crippen molar-refractivity contribution >= 4 is 33.9 Å². The first-order valence-corrected chi connectivity index (χ1v) is 10.8. The van der Waals surface area contributed by atoms with E-state index in [1.165, 1.54) is 16.2 Å². The average Bonchev–Trinajstić information content (AvgIpc) is 3.37. The molecule has 0 aliphatic carbocycles. The van der Waals surface area contributed by atoms with Gasteiger partial charge in [-0.2, -0.15) is 0 Å². The van der Waals surface area contributed by atoms with E-state index in [-0.39, 0.29) is 11.3 Å². The monoisotopic (exact) mass is 434 g/mol. The van der Waals surface area contributed by atoms with Crippen LogP contribution in [0, 0.1) is 13.8 Å². The summed E-state index contributed by atoms with van der Waals surface area (Å²) in [6.07, 6.45) is 1.58. The zero-order chi connectivity index (χ0) is 22.1. The Hall–Kier alpha value is -3.45. The summed E-state index contributed by atoms with van der Waals surface area (Å²) in [5, 5.41) is 13.4. The van der Waals surface area contributed by atoms with Crippen molar-refractivity contribution in [3.05, 3.63) is 81.9 Å². The van der Waals surface area contributed by atoms with Crippen molar-refractivity contribution in [1.29, 1.82) is 0 Å². The number of hydrogen-bond donors (Lipinski definition) is 1. The number of aromatic nitrogens is 1. The minimum absolute atomic E-state index is 0.0538. The lowest BCUT2D eigenvalue weighted by Gasteiger charge is -2.23. The SMILES string of the molecule is CCOc1ccc(C2C(=C(O)c3cc(C)ccc3C)C(=O)C(=O)N2c2nccs2)cc1. The largest absolute Gasteiger partial charge is 0.507 e. The first kappa shape index (κ1) is 20.8. The van der Waals surface area contributed by atoms with Crippen LogP contribution in [-0.4, -0.2) is 28.4 Å². The Bertz CT molecular complexity index is 1170. The molecule has 1 atom stereocenters. The van der Waals surface area contributed by atoms with Crippen LogP contribution in [-0.2, 0) is 9.59 Å². The predicted octanol–water partition coefficient (Wildman–Crippen LogP) is 4.78. The van der Waals surface area contributed by atoms with Crippen LogP contribution in [0.1, 0.15) is 35.2 Å². The van der Waals surface area contributed by atoms with Gasteiger partial charge in [0.15, 0.2) is 5.13 Å². The van der Waals surface area contributed by atoms with E-state index in [0.717, 1.165) is 11.1 Å². The summed E-state index contributed by atoms with van der Waals surface area (Å²) >= 11 is 1.26. The van der Waals surface area contributed by atoms with E-state index in [0.29, 0.717) is 28.6 Å². The molecular weight excluding hydrogens is 412 g/mol. The number of rotatable bonds is 5. The van der Waals surface area contributed by atoms with E-state index in [9.17, 15) is 14.7 Å². The van der Waals surface area contributed by atoms with Crippen molar-refractivity contribution in [3.63, 3.8) is 0 Å². The molecule has 1 N–H and O–H groups in total. The average molecular weight is 435 g/mol. The van der Waals surface area contributed by atoms with Gasteiger partial charge in [-0.05, 0) is 50.1 Å². The van der Waals surface area contributed by atoms with Gasteiger partial charge >= 0.3 is 5.91 Å².